The molecular weight excluding hydrogens is 276 g/mol. The van der Waals surface area contributed by atoms with Crippen LogP contribution in [-0.4, -0.2) is 55.1 Å². The van der Waals surface area contributed by atoms with Crippen molar-refractivity contribution in [3.8, 4) is 0 Å². The van der Waals surface area contributed by atoms with Crippen molar-refractivity contribution in [1.82, 2.24) is 20.5 Å². The van der Waals surface area contributed by atoms with E-state index in [2.05, 4.69) is 20.5 Å². The molecule has 1 aromatic heterocycles. The molecule has 3 rings (SSSR count). The average molecular weight is 298 g/mol. The molecule has 1 saturated heterocycles. The molecule has 1 amide bonds. The Kier molecular flexibility index (Phi) is 4.65. The lowest BCUT2D eigenvalue weighted by Gasteiger charge is -2.27. The molecule has 2 N–H and O–H groups in total. The number of pyridine rings is 1. The van der Waals surface area contributed by atoms with Gasteiger partial charge in [-0.2, -0.15) is 0 Å². The molecule has 0 spiro atoms. The summed E-state index contributed by atoms with van der Waals surface area (Å²) in [5.74, 6) is -0.0427. The van der Waals surface area contributed by atoms with Crippen LogP contribution in [0.25, 0.3) is 10.9 Å². The summed E-state index contributed by atoms with van der Waals surface area (Å²) in [6.07, 6.45) is 0. The van der Waals surface area contributed by atoms with E-state index in [1.807, 2.05) is 37.3 Å². The summed E-state index contributed by atoms with van der Waals surface area (Å²) < 4.78 is 0. The number of carbonyl (C=O) groups is 1. The second-order valence-corrected chi connectivity index (χ2v) is 5.68. The highest BCUT2D eigenvalue weighted by atomic mass is 16.1. The molecule has 22 heavy (non-hydrogen) atoms. The van der Waals surface area contributed by atoms with E-state index in [1.165, 1.54) is 0 Å². The van der Waals surface area contributed by atoms with Crippen molar-refractivity contribution in [3.05, 3.63) is 41.6 Å². The maximum absolute atomic E-state index is 12.4. The molecule has 1 fully saturated rings. The lowest BCUT2D eigenvalue weighted by Crippen LogP contribution is -2.46. The number of aromatic nitrogens is 1. The number of rotatable bonds is 4. The Morgan fingerprint density at radius 1 is 1.27 bits per heavy atom. The molecule has 116 valence electrons. The Hall–Kier alpha value is -1.98. The van der Waals surface area contributed by atoms with Crippen LogP contribution in [-0.2, 0) is 0 Å². The van der Waals surface area contributed by atoms with Gasteiger partial charge in [0.2, 0.25) is 0 Å². The van der Waals surface area contributed by atoms with Crippen LogP contribution in [0.2, 0.25) is 0 Å². The molecule has 5 heteroatoms. The highest BCUT2D eigenvalue weighted by Gasteiger charge is 2.12. The predicted octanol–water partition coefficient (Wildman–Crippen LogP) is 1.18. The van der Waals surface area contributed by atoms with Gasteiger partial charge >= 0.3 is 0 Å². The van der Waals surface area contributed by atoms with Gasteiger partial charge in [-0.3, -0.25) is 14.7 Å². The number of hydrogen-bond acceptors (Lipinski definition) is 4. The van der Waals surface area contributed by atoms with E-state index in [-0.39, 0.29) is 5.91 Å². The molecular formula is C17H22N4O. The third-order valence-corrected chi connectivity index (χ3v) is 4.03. The highest BCUT2D eigenvalue weighted by molar-refractivity contribution is 6.05. The number of nitrogens with one attached hydrogen (secondary N) is 2. The van der Waals surface area contributed by atoms with Gasteiger partial charge in [-0.1, -0.05) is 18.2 Å². The van der Waals surface area contributed by atoms with Gasteiger partial charge < -0.3 is 10.6 Å². The van der Waals surface area contributed by atoms with Gasteiger partial charge in [-0.05, 0) is 19.1 Å². The fourth-order valence-electron chi connectivity index (χ4n) is 2.79. The van der Waals surface area contributed by atoms with Gasteiger partial charge in [-0.25, -0.2) is 0 Å². The zero-order valence-electron chi connectivity index (χ0n) is 12.9. The zero-order valence-corrected chi connectivity index (χ0v) is 12.9. The van der Waals surface area contributed by atoms with Crippen LogP contribution >= 0.6 is 0 Å². The summed E-state index contributed by atoms with van der Waals surface area (Å²) >= 11 is 0. The smallest absolute Gasteiger partial charge is 0.253 e. The molecule has 0 bridgehead atoms. The van der Waals surface area contributed by atoms with Crippen LogP contribution in [0, 0.1) is 6.92 Å². The Morgan fingerprint density at radius 3 is 2.91 bits per heavy atom. The van der Waals surface area contributed by atoms with Gasteiger partial charge in [0.05, 0.1) is 11.1 Å². The number of amides is 1. The molecule has 1 aromatic carbocycles. The minimum Gasteiger partial charge on any atom is -0.351 e. The van der Waals surface area contributed by atoms with E-state index in [1.54, 1.807) is 0 Å². The normalized spacial score (nSPS) is 15.9. The van der Waals surface area contributed by atoms with E-state index in [9.17, 15) is 4.79 Å². The Morgan fingerprint density at radius 2 is 2.09 bits per heavy atom. The Bertz CT molecular complexity index is 665. The standard InChI is InChI=1S/C17H22N4O/c1-13-5-6-14-3-2-4-15(16(14)20-13)17(22)19-9-12-21-10-7-18-8-11-21/h2-6,18H,7-12H2,1H3,(H,19,22). The number of aryl methyl sites for hydroxylation is 1. The SMILES string of the molecule is Cc1ccc2cccc(C(=O)NCCN3CCNCC3)c2n1. The maximum atomic E-state index is 12.4. The third kappa shape index (κ3) is 3.43. The first-order valence-electron chi connectivity index (χ1n) is 7.82. The molecule has 1 aliphatic rings. The summed E-state index contributed by atoms with van der Waals surface area (Å²) in [5.41, 5.74) is 2.36. The van der Waals surface area contributed by atoms with Crippen molar-refractivity contribution in [3.63, 3.8) is 0 Å². The largest absolute Gasteiger partial charge is 0.351 e. The first kappa shape index (κ1) is 14.9. The van der Waals surface area contributed by atoms with Gasteiger partial charge in [0.15, 0.2) is 0 Å². The van der Waals surface area contributed by atoms with Gasteiger partial charge in [-0.15, -0.1) is 0 Å². The lowest BCUT2D eigenvalue weighted by atomic mass is 10.1. The molecule has 0 unspecified atom stereocenters. The second-order valence-electron chi connectivity index (χ2n) is 5.68. The predicted molar refractivity (Wildman–Crippen MR) is 88.1 cm³/mol. The lowest BCUT2D eigenvalue weighted by molar-refractivity contribution is 0.0949. The molecule has 0 radical (unpaired) electrons. The summed E-state index contributed by atoms with van der Waals surface area (Å²) in [4.78, 5) is 19.3. The average Bonchev–Trinajstić information content (AvgIpc) is 2.55. The monoisotopic (exact) mass is 298 g/mol. The van der Waals surface area contributed by atoms with Crippen LogP contribution in [0.1, 0.15) is 16.1 Å². The van der Waals surface area contributed by atoms with Crippen LogP contribution in [0.3, 0.4) is 0 Å². The topological polar surface area (TPSA) is 57.3 Å². The van der Waals surface area contributed by atoms with Gasteiger partial charge in [0.1, 0.15) is 0 Å². The van der Waals surface area contributed by atoms with Crippen molar-refractivity contribution in [2.24, 2.45) is 0 Å². The first-order valence-corrected chi connectivity index (χ1v) is 7.82. The number of benzene rings is 1. The highest BCUT2D eigenvalue weighted by Crippen LogP contribution is 2.17. The zero-order chi connectivity index (χ0) is 15.4. The van der Waals surface area contributed by atoms with Crippen molar-refractivity contribution in [2.45, 2.75) is 6.92 Å². The molecule has 5 nitrogen and oxygen atoms in total. The van der Waals surface area contributed by atoms with Crippen LogP contribution < -0.4 is 10.6 Å². The minimum absolute atomic E-state index is 0.0427. The molecule has 0 atom stereocenters. The van der Waals surface area contributed by atoms with Crippen LogP contribution in [0.5, 0.6) is 0 Å². The summed E-state index contributed by atoms with van der Waals surface area (Å²) in [6.45, 7) is 7.65. The summed E-state index contributed by atoms with van der Waals surface area (Å²) in [6, 6.07) is 9.71. The molecule has 0 aliphatic carbocycles. The summed E-state index contributed by atoms with van der Waals surface area (Å²) in [7, 11) is 0. The molecule has 2 aromatic rings. The Balaban J connectivity index is 1.65. The molecule has 1 aliphatic heterocycles. The van der Waals surface area contributed by atoms with E-state index in [0.717, 1.165) is 49.3 Å². The fourth-order valence-corrected chi connectivity index (χ4v) is 2.79. The number of para-hydroxylation sites is 1. The fraction of sp³-hybridized carbons (Fsp3) is 0.412. The number of nitrogens with zero attached hydrogens (tertiary/aromatic N) is 2. The van der Waals surface area contributed by atoms with Crippen LogP contribution in [0.15, 0.2) is 30.3 Å². The van der Waals surface area contributed by atoms with Crippen molar-refractivity contribution < 1.29 is 4.79 Å². The first-order chi connectivity index (χ1) is 10.7. The van der Waals surface area contributed by atoms with Crippen molar-refractivity contribution in [2.75, 3.05) is 39.3 Å². The summed E-state index contributed by atoms with van der Waals surface area (Å²) in [5, 5.41) is 7.35. The van der Waals surface area contributed by atoms with Gasteiger partial charge in [0.25, 0.3) is 5.91 Å². The third-order valence-electron chi connectivity index (χ3n) is 4.03. The second kappa shape index (κ2) is 6.85. The molecule has 2 heterocycles. The van der Waals surface area contributed by atoms with E-state index in [0.29, 0.717) is 12.1 Å². The van der Waals surface area contributed by atoms with Crippen molar-refractivity contribution >= 4 is 16.8 Å². The quantitative estimate of drug-likeness (QED) is 0.890. The van der Waals surface area contributed by atoms with E-state index < -0.39 is 0 Å². The maximum Gasteiger partial charge on any atom is 0.253 e. The number of carbonyl (C=O) groups excluding carboxylic acids is 1. The Labute approximate surface area is 130 Å². The van der Waals surface area contributed by atoms with E-state index in [4.69, 9.17) is 0 Å². The van der Waals surface area contributed by atoms with Crippen LogP contribution in [0.4, 0.5) is 0 Å². The number of hydrogen-bond donors (Lipinski definition) is 2. The number of piperazine rings is 1. The van der Waals surface area contributed by atoms with Gasteiger partial charge in [0, 0.05) is 50.3 Å². The minimum atomic E-state index is -0.0427. The molecule has 0 saturated carbocycles. The van der Waals surface area contributed by atoms with Crippen molar-refractivity contribution in [1.29, 1.82) is 0 Å². The number of fused-ring (bicyclic) bond motifs is 1. The van der Waals surface area contributed by atoms with E-state index >= 15 is 0 Å².